The van der Waals surface area contributed by atoms with Gasteiger partial charge in [-0.3, -0.25) is 4.79 Å². The maximum Gasteiger partial charge on any atom is 0.492 e. The number of ether oxygens (including phenoxy) is 1. The van der Waals surface area contributed by atoms with Crippen LogP contribution >= 0.6 is 0 Å². The Kier molecular flexibility index (Phi) is 7.21. The van der Waals surface area contributed by atoms with Crippen LogP contribution in [0.1, 0.15) is 70.0 Å². The number of nitrogens with one attached hydrogen (secondary N) is 1. The van der Waals surface area contributed by atoms with Crippen LogP contribution in [0.5, 0.6) is 0 Å². The fourth-order valence-corrected chi connectivity index (χ4v) is 2.87. The van der Waals surface area contributed by atoms with Crippen molar-refractivity contribution in [1.82, 2.24) is 5.32 Å². The number of carbonyl (C=O) groups excluding carboxylic acids is 2. The molecule has 0 aromatic heterocycles. The normalized spacial score (nSPS) is 18.4. The third-order valence-electron chi connectivity index (χ3n) is 5.27. The van der Waals surface area contributed by atoms with Gasteiger partial charge in [-0.1, -0.05) is 12.1 Å². The van der Waals surface area contributed by atoms with Gasteiger partial charge < -0.3 is 19.4 Å². The molecule has 0 atom stereocenters. The molecule has 0 spiro atoms. The number of aldehydes is 1. The summed E-state index contributed by atoms with van der Waals surface area (Å²) in [6.07, 6.45) is -3.41. The standard InChI is InChI=1S/C22H29BF3NO5/c1-19(2,3)30-18(29)27-12-17(23-31-20(4,5)21(6,7)32-23)11-14-8-9-16(22(24,25)26)10-15(14)13-28/h8-11,13H,12H2,1-7H3,(H,27,29). The number of carbonyl (C=O) groups is 2. The summed E-state index contributed by atoms with van der Waals surface area (Å²) >= 11 is 0. The molecule has 1 aromatic carbocycles. The Bertz CT molecular complexity index is 888. The summed E-state index contributed by atoms with van der Waals surface area (Å²) in [5.41, 5.74) is -2.50. The lowest BCUT2D eigenvalue weighted by Gasteiger charge is -2.32. The number of hydrogen-bond acceptors (Lipinski definition) is 5. The number of alkyl halides is 3. The van der Waals surface area contributed by atoms with E-state index in [4.69, 9.17) is 14.0 Å². The van der Waals surface area contributed by atoms with E-state index in [0.717, 1.165) is 12.1 Å². The van der Waals surface area contributed by atoms with Crippen LogP contribution in [0.3, 0.4) is 0 Å². The van der Waals surface area contributed by atoms with Crippen LogP contribution in [-0.2, 0) is 20.2 Å². The molecular weight excluding hydrogens is 426 g/mol. The average molecular weight is 455 g/mol. The highest BCUT2D eigenvalue weighted by Gasteiger charge is 2.52. The zero-order valence-corrected chi connectivity index (χ0v) is 19.3. The van der Waals surface area contributed by atoms with Crippen molar-refractivity contribution in [2.24, 2.45) is 0 Å². The third-order valence-corrected chi connectivity index (χ3v) is 5.27. The fourth-order valence-electron chi connectivity index (χ4n) is 2.87. The average Bonchev–Trinajstić information content (AvgIpc) is 2.83. The number of benzene rings is 1. The molecule has 6 nitrogen and oxygen atoms in total. The van der Waals surface area contributed by atoms with Crippen LogP contribution in [0.4, 0.5) is 18.0 Å². The molecule has 176 valence electrons. The van der Waals surface area contributed by atoms with Crippen molar-refractivity contribution in [2.75, 3.05) is 6.54 Å². The maximum atomic E-state index is 13.0. The number of amides is 1. The highest BCUT2D eigenvalue weighted by atomic mass is 19.4. The van der Waals surface area contributed by atoms with Gasteiger partial charge in [-0.05, 0) is 71.6 Å². The first kappa shape index (κ1) is 25.9. The van der Waals surface area contributed by atoms with E-state index < -0.39 is 41.8 Å². The maximum absolute atomic E-state index is 13.0. The Hall–Kier alpha value is -2.33. The lowest BCUT2D eigenvalue weighted by atomic mass is 9.76. The van der Waals surface area contributed by atoms with Crippen LogP contribution in [0.2, 0.25) is 0 Å². The molecule has 1 saturated heterocycles. The molecule has 0 radical (unpaired) electrons. The first-order valence-electron chi connectivity index (χ1n) is 10.1. The van der Waals surface area contributed by atoms with Gasteiger partial charge in [0.1, 0.15) is 5.60 Å². The molecule has 1 amide bonds. The summed E-state index contributed by atoms with van der Waals surface area (Å²) in [6.45, 7) is 12.5. The predicted molar refractivity (Wildman–Crippen MR) is 115 cm³/mol. The molecule has 1 aliphatic heterocycles. The molecular formula is C22H29BF3NO5. The van der Waals surface area contributed by atoms with Crippen molar-refractivity contribution in [3.63, 3.8) is 0 Å². The lowest BCUT2D eigenvalue weighted by molar-refractivity contribution is -0.137. The van der Waals surface area contributed by atoms with Crippen molar-refractivity contribution in [3.8, 4) is 0 Å². The van der Waals surface area contributed by atoms with Gasteiger partial charge in [0.25, 0.3) is 0 Å². The topological polar surface area (TPSA) is 73.9 Å². The molecule has 0 saturated carbocycles. The van der Waals surface area contributed by atoms with E-state index in [0.29, 0.717) is 11.8 Å². The van der Waals surface area contributed by atoms with Crippen LogP contribution < -0.4 is 5.32 Å². The quantitative estimate of drug-likeness (QED) is 0.497. The van der Waals surface area contributed by atoms with E-state index in [-0.39, 0.29) is 17.7 Å². The highest BCUT2D eigenvalue weighted by Crippen LogP contribution is 2.39. The zero-order chi connectivity index (χ0) is 24.5. The van der Waals surface area contributed by atoms with Gasteiger partial charge >= 0.3 is 19.4 Å². The molecule has 0 unspecified atom stereocenters. The summed E-state index contributed by atoms with van der Waals surface area (Å²) < 4.78 is 56.4. The van der Waals surface area contributed by atoms with E-state index in [9.17, 15) is 22.8 Å². The predicted octanol–water partition coefficient (Wildman–Crippen LogP) is 5.06. The van der Waals surface area contributed by atoms with E-state index >= 15 is 0 Å². The molecule has 0 bridgehead atoms. The summed E-state index contributed by atoms with van der Waals surface area (Å²) in [5.74, 6) is 0. The molecule has 32 heavy (non-hydrogen) atoms. The van der Waals surface area contributed by atoms with Crippen molar-refractivity contribution < 1.29 is 36.8 Å². The number of hydrogen-bond donors (Lipinski definition) is 1. The Balaban J connectivity index is 2.41. The van der Waals surface area contributed by atoms with Crippen molar-refractivity contribution in [3.05, 3.63) is 40.4 Å². The monoisotopic (exact) mass is 455 g/mol. The van der Waals surface area contributed by atoms with Gasteiger partial charge in [0.05, 0.1) is 16.8 Å². The Labute approximate surface area is 186 Å². The number of rotatable bonds is 5. The van der Waals surface area contributed by atoms with Gasteiger partial charge in [0.2, 0.25) is 0 Å². The third kappa shape index (κ3) is 6.35. The lowest BCUT2D eigenvalue weighted by Crippen LogP contribution is -2.41. The summed E-state index contributed by atoms with van der Waals surface area (Å²) in [5, 5.41) is 2.61. The minimum absolute atomic E-state index is 0.0644. The van der Waals surface area contributed by atoms with Crippen molar-refractivity contribution in [1.29, 1.82) is 0 Å². The largest absolute Gasteiger partial charge is 0.492 e. The van der Waals surface area contributed by atoms with Crippen LogP contribution in [0, 0.1) is 0 Å². The molecule has 1 heterocycles. The van der Waals surface area contributed by atoms with E-state index in [2.05, 4.69) is 5.32 Å². The highest BCUT2D eigenvalue weighted by molar-refractivity contribution is 6.56. The minimum Gasteiger partial charge on any atom is -0.444 e. The first-order chi connectivity index (χ1) is 14.4. The van der Waals surface area contributed by atoms with Gasteiger partial charge in [0, 0.05) is 12.1 Å². The second-order valence-corrected chi connectivity index (χ2v) is 9.62. The van der Waals surface area contributed by atoms with E-state index in [1.807, 2.05) is 27.7 Å². The molecule has 10 heteroatoms. The molecule has 2 rings (SSSR count). The number of halogens is 3. The Morgan fingerprint density at radius 1 is 1.09 bits per heavy atom. The Morgan fingerprint density at radius 3 is 2.12 bits per heavy atom. The van der Waals surface area contributed by atoms with E-state index in [1.165, 1.54) is 12.1 Å². The Morgan fingerprint density at radius 2 is 1.66 bits per heavy atom. The molecule has 1 aliphatic rings. The van der Waals surface area contributed by atoms with Gasteiger partial charge in [-0.25, -0.2) is 4.79 Å². The van der Waals surface area contributed by atoms with Gasteiger partial charge in [-0.15, -0.1) is 0 Å². The zero-order valence-electron chi connectivity index (χ0n) is 19.3. The van der Waals surface area contributed by atoms with Crippen LogP contribution in [0.15, 0.2) is 23.7 Å². The molecule has 0 aliphatic carbocycles. The van der Waals surface area contributed by atoms with Gasteiger partial charge in [0.15, 0.2) is 6.29 Å². The molecule has 1 aromatic rings. The minimum atomic E-state index is -4.58. The van der Waals surface area contributed by atoms with Crippen molar-refractivity contribution >= 4 is 25.6 Å². The fraction of sp³-hybridized carbons (Fsp3) is 0.545. The molecule has 1 N–H and O–H groups in total. The first-order valence-corrected chi connectivity index (χ1v) is 10.1. The smallest absolute Gasteiger partial charge is 0.444 e. The second kappa shape index (κ2) is 8.90. The van der Waals surface area contributed by atoms with Crippen LogP contribution in [0.25, 0.3) is 6.08 Å². The van der Waals surface area contributed by atoms with E-state index in [1.54, 1.807) is 20.8 Å². The second-order valence-electron chi connectivity index (χ2n) is 9.62. The van der Waals surface area contributed by atoms with Gasteiger partial charge in [-0.2, -0.15) is 13.2 Å². The summed E-state index contributed by atoms with van der Waals surface area (Å²) in [4.78, 5) is 23.6. The van der Waals surface area contributed by atoms with Crippen molar-refractivity contribution in [2.45, 2.75) is 71.4 Å². The SMILES string of the molecule is CC(C)(C)OC(=O)NCC(=Cc1ccc(C(F)(F)F)cc1C=O)B1OC(C)(C)C(C)(C)O1. The summed E-state index contributed by atoms with van der Waals surface area (Å²) in [6, 6.07) is 2.87. The number of alkyl carbamates (subject to hydrolysis) is 1. The van der Waals surface area contributed by atoms with Crippen LogP contribution in [-0.4, -0.2) is 42.8 Å². The molecule has 1 fully saturated rings. The summed E-state index contributed by atoms with van der Waals surface area (Å²) in [7, 11) is -0.892.